The van der Waals surface area contributed by atoms with Crippen molar-refractivity contribution in [3.8, 4) is 11.3 Å². The molecule has 0 saturated carbocycles. The predicted octanol–water partition coefficient (Wildman–Crippen LogP) is 4.76. The van der Waals surface area contributed by atoms with Crippen LogP contribution in [-0.4, -0.2) is 15.9 Å². The van der Waals surface area contributed by atoms with Gasteiger partial charge in [0, 0.05) is 22.2 Å². The van der Waals surface area contributed by atoms with Crippen molar-refractivity contribution in [2.75, 3.05) is 5.32 Å². The zero-order chi connectivity index (χ0) is 15.5. The molecule has 0 aliphatic heterocycles. The maximum Gasteiger partial charge on any atom is 0.260 e. The van der Waals surface area contributed by atoms with Gasteiger partial charge in [-0.1, -0.05) is 41.4 Å². The van der Waals surface area contributed by atoms with E-state index < -0.39 is 0 Å². The second kappa shape index (κ2) is 6.44. The molecule has 0 saturated heterocycles. The zero-order valence-corrected chi connectivity index (χ0v) is 13.4. The molecule has 3 aromatic rings. The first-order valence-corrected chi connectivity index (χ1v) is 7.91. The molecular weight excluding hydrogens is 341 g/mol. The fourth-order valence-corrected chi connectivity index (χ4v) is 2.99. The lowest BCUT2D eigenvalue weighted by molar-refractivity contribution is 0.102. The Morgan fingerprint density at radius 1 is 1.14 bits per heavy atom. The minimum atomic E-state index is -0.349. The van der Waals surface area contributed by atoms with Crippen LogP contribution in [0.1, 0.15) is 10.4 Å². The first kappa shape index (κ1) is 15.0. The lowest BCUT2D eigenvalue weighted by Crippen LogP contribution is -2.12. The SMILES string of the molecule is O=C(Nc1nc(-c2ccccc2Cl)cs1)c1cccnc1Cl. The van der Waals surface area contributed by atoms with Crippen molar-refractivity contribution >= 4 is 45.6 Å². The maximum atomic E-state index is 12.2. The molecule has 0 aliphatic rings. The molecule has 0 aliphatic carbocycles. The summed E-state index contributed by atoms with van der Waals surface area (Å²) in [7, 11) is 0. The van der Waals surface area contributed by atoms with Gasteiger partial charge < -0.3 is 0 Å². The molecule has 110 valence electrons. The van der Waals surface area contributed by atoms with E-state index in [1.807, 2.05) is 23.6 Å². The van der Waals surface area contributed by atoms with Crippen LogP contribution in [0.4, 0.5) is 5.13 Å². The van der Waals surface area contributed by atoms with Crippen LogP contribution in [0.25, 0.3) is 11.3 Å². The van der Waals surface area contributed by atoms with E-state index in [4.69, 9.17) is 23.2 Å². The quantitative estimate of drug-likeness (QED) is 0.693. The smallest absolute Gasteiger partial charge is 0.260 e. The molecule has 2 heterocycles. The molecule has 7 heteroatoms. The maximum absolute atomic E-state index is 12.2. The van der Waals surface area contributed by atoms with E-state index in [9.17, 15) is 4.79 Å². The van der Waals surface area contributed by atoms with E-state index in [2.05, 4.69) is 15.3 Å². The van der Waals surface area contributed by atoms with Crippen molar-refractivity contribution in [2.45, 2.75) is 0 Å². The van der Waals surface area contributed by atoms with Gasteiger partial charge in [0.15, 0.2) is 5.13 Å². The predicted molar refractivity (Wildman–Crippen MR) is 89.8 cm³/mol. The van der Waals surface area contributed by atoms with Crippen molar-refractivity contribution < 1.29 is 4.79 Å². The summed E-state index contributed by atoms with van der Waals surface area (Å²) < 4.78 is 0. The summed E-state index contributed by atoms with van der Waals surface area (Å²) in [4.78, 5) is 20.4. The molecule has 3 rings (SSSR count). The van der Waals surface area contributed by atoms with Crippen LogP contribution in [0.15, 0.2) is 48.0 Å². The number of nitrogens with one attached hydrogen (secondary N) is 1. The summed E-state index contributed by atoms with van der Waals surface area (Å²) in [6, 6.07) is 10.7. The lowest BCUT2D eigenvalue weighted by Gasteiger charge is -2.03. The van der Waals surface area contributed by atoms with Crippen molar-refractivity contribution in [2.24, 2.45) is 0 Å². The van der Waals surface area contributed by atoms with Gasteiger partial charge in [-0.15, -0.1) is 11.3 Å². The molecule has 0 unspecified atom stereocenters. The second-order valence-electron chi connectivity index (χ2n) is 4.31. The summed E-state index contributed by atoms with van der Waals surface area (Å²) in [6.07, 6.45) is 1.53. The average Bonchev–Trinajstić information content (AvgIpc) is 2.96. The third kappa shape index (κ3) is 3.11. The molecular formula is C15H9Cl2N3OS. The summed E-state index contributed by atoms with van der Waals surface area (Å²) in [5, 5.41) is 5.78. The Hall–Kier alpha value is -1.95. The van der Waals surface area contributed by atoms with Crippen LogP contribution in [0, 0.1) is 0 Å². The minimum absolute atomic E-state index is 0.155. The van der Waals surface area contributed by atoms with Gasteiger partial charge in [-0.05, 0) is 18.2 Å². The Bertz CT molecular complexity index is 835. The van der Waals surface area contributed by atoms with Crippen LogP contribution in [0.2, 0.25) is 10.2 Å². The highest BCUT2D eigenvalue weighted by Crippen LogP contribution is 2.30. The Morgan fingerprint density at radius 3 is 2.73 bits per heavy atom. The van der Waals surface area contributed by atoms with E-state index in [0.717, 1.165) is 5.56 Å². The summed E-state index contributed by atoms with van der Waals surface area (Å²) in [5.41, 5.74) is 1.84. The molecule has 4 nitrogen and oxygen atoms in total. The molecule has 0 radical (unpaired) electrons. The van der Waals surface area contributed by atoms with Gasteiger partial charge in [-0.3, -0.25) is 10.1 Å². The van der Waals surface area contributed by atoms with Gasteiger partial charge in [0.25, 0.3) is 5.91 Å². The molecule has 0 atom stereocenters. The van der Waals surface area contributed by atoms with E-state index in [-0.39, 0.29) is 11.1 Å². The number of halogens is 2. The molecule has 0 fully saturated rings. The number of benzene rings is 1. The highest BCUT2D eigenvalue weighted by atomic mass is 35.5. The lowest BCUT2D eigenvalue weighted by atomic mass is 10.2. The number of carbonyl (C=O) groups excluding carboxylic acids is 1. The van der Waals surface area contributed by atoms with Gasteiger partial charge in [-0.25, -0.2) is 9.97 Å². The highest BCUT2D eigenvalue weighted by Gasteiger charge is 2.14. The zero-order valence-electron chi connectivity index (χ0n) is 11.1. The van der Waals surface area contributed by atoms with Crippen molar-refractivity contribution in [1.29, 1.82) is 0 Å². The Morgan fingerprint density at radius 2 is 1.95 bits per heavy atom. The standard InChI is InChI=1S/C15H9Cl2N3OS/c16-11-6-2-1-4-9(11)12-8-22-15(19-12)20-14(21)10-5-3-7-18-13(10)17/h1-8H,(H,19,20,21). The van der Waals surface area contributed by atoms with E-state index in [0.29, 0.717) is 21.4 Å². The third-order valence-electron chi connectivity index (χ3n) is 2.88. The van der Waals surface area contributed by atoms with E-state index >= 15 is 0 Å². The van der Waals surface area contributed by atoms with Crippen molar-refractivity contribution in [3.05, 3.63) is 63.7 Å². The van der Waals surface area contributed by atoms with Gasteiger partial charge in [-0.2, -0.15) is 0 Å². The number of hydrogen-bond donors (Lipinski definition) is 1. The number of pyridine rings is 1. The average molecular weight is 350 g/mol. The largest absolute Gasteiger partial charge is 0.298 e. The van der Waals surface area contributed by atoms with Gasteiger partial charge >= 0.3 is 0 Å². The van der Waals surface area contributed by atoms with Crippen LogP contribution in [-0.2, 0) is 0 Å². The molecule has 0 bridgehead atoms. The number of thiazole rings is 1. The Kier molecular flexibility index (Phi) is 4.38. The second-order valence-corrected chi connectivity index (χ2v) is 5.94. The van der Waals surface area contributed by atoms with Crippen LogP contribution in [0.5, 0.6) is 0 Å². The molecule has 2 aromatic heterocycles. The molecule has 1 N–H and O–H groups in total. The van der Waals surface area contributed by atoms with Crippen LogP contribution < -0.4 is 5.32 Å². The summed E-state index contributed by atoms with van der Waals surface area (Å²) in [6.45, 7) is 0. The number of carbonyl (C=O) groups is 1. The number of amides is 1. The van der Waals surface area contributed by atoms with Gasteiger partial charge in [0.2, 0.25) is 0 Å². The van der Waals surface area contributed by atoms with Gasteiger partial charge in [0.05, 0.1) is 11.3 Å². The fourth-order valence-electron chi connectivity index (χ4n) is 1.84. The summed E-state index contributed by atoms with van der Waals surface area (Å²) in [5.74, 6) is -0.349. The number of rotatable bonds is 3. The Labute approximate surface area is 140 Å². The number of anilines is 1. The van der Waals surface area contributed by atoms with Crippen molar-refractivity contribution in [3.63, 3.8) is 0 Å². The third-order valence-corrected chi connectivity index (χ3v) is 4.27. The number of aromatic nitrogens is 2. The van der Waals surface area contributed by atoms with Crippen LogP contribution >= 0.6 is 34.5 Å². The monoisotopic (exact) mass is 349 g/mol. The first-order valence-electron chi connectivity index (χ1n) is 6.27. The molecule has 1 amide bonds. The van der Waals surface area contributed by atoms with Crippen LogP contribution in [0.3, 0.4) is 0 Å². The highest BCUT2D eigenvalue weighted by molar-refractivity contribution is 7.14. The minimum Gasteiger partial charge on any atom is -0.298 e. The topological polar surface area (TPSA) is 54.9 Å². The number of nitrogens with zero attached hydrogens (tertiary/aromatic N) is 2. The summed E-state index contributed by atoms with van der Waals surface area (Å²) >= 11 is 13.4. The van der Waals surface area contributed by atoms with Gasteiger partial charge in [0.1, 0.15) is 5.15 Å². The normalized spacial score (nSPS) is 10.5. The first-order chi connectivity index (χ1) is 10.6. The molecule has 1 aromatic carbocycles. The number of hydrogen-bond acceptors (Lipinski definition) is 4. The fraction of sp³-hybridized carbons (Fsp3) is 0. The van der Waals surface area contributed by atoms with E-state index in [1.54, 1.807) is 18.2 Å². The van der Waals surface area contributed by atoms with E-state index in [1.165, 1.54) is 17.5 Å². The Balaban J connectivity index is 1.82. The molecule has 22 heavy (non-hydrogen) atoms. The molecule has 0 spiro atoms. The van der Waals surface area contributed by atoms with Crippen molar-refractivity contribution in [1.82, 2.24) is 9.97 Å².